The minimum Gasteiger partial charge on any atom is -0.478 e. The highest BCUT2D eigenvalue weighted by atomic mass is 35.5. The maximum Gasteiger partial charge on any atom is 0.335 e. The predicted molar refractivity (Wildman–Crippen MR) is 130 cm³/mol. The van der Waals surface area contributed by atoms with E-state index in [1.165, 1.54) is 66.4 Å². The number of nitrogens with zero attached hydrogens (tertiary/aromatic N) is 5. The van der Waals surface area contributed by atoms with Crippen LogP contribution in [-0.4, -0.2) is 74.0 Å². The molecule has 0 radical (unpaired) electrons. The smallest absolute Gasteiger partial charge is 0.335 e. The van der Waals surface area contributed by atoms with Crippen molar-refractivity contribution in [1.82, 2.24) is 30.4 Å². The number of carboxylic acid groups (broad SMARTS) is 1. The van der Waals surface area contributed by atoms with E-state index >= 15 is 0 Å². The molecule has 13 heteroatoms. The summed E-state index contributed by atoms with van der Waals surface area (Å²) in [6.07, 6.45) is 3.77. The van der Waals surface area contributed by atoms with E-state index in [0.29, 0.717) is 22.0 Å². The Hall–Kier alpha value is -4.58. The van der Waals surface area contributed by atoms with Crippen LogP contribution in [0.4, 0.5) is 5.69 Å². The van der Waals surface area contributed by atoms with Crippen LogP contribution in [0.1, 0.15) is 22.3 Å². The van der Waals surface area contributed by atoms with Crippen molar-refractivity contribution in [2.75, 3.05) is 19.4 Å². The number of amides is 3. The van der Waals surface area contributed by atoms with Crippen molar-refractivity contribution >= 4 is 47.1 Å². The summed E-state index contributed by atoms with van der Waals surface area (Å²) < 4.78 is 1.40. The first-order valence-corrected chi connectivity index (χ1v) is 10.9. The number of aromatic nitrogens is 4. The molecule has 3 amide bonds. The summed E-state index contributed by atoms with van der Waals surface area (Å²) in [6.45, 7) is 0. The molecule has 3 rings (SSSR count). The Bertz CT molecular complexity index is 1290. The third-order valence-electron chi connectivity index (χ3n) is 4.91. The number of halogens is 1. The van der Waals surface area contributed by atoms with Gasteiger partial charge in [0.1, 0.15) is 12.4 Å². The van der Waals surface area contributed by atoms with Crippen molar-refractivity contribution in [3.05, 3.63) is 71.0 Å². The molecule has 1 heterocycles. The molecule has 36 heavy (non-hydrogen) atoms. The topological polar surface area (TPSA) is 159 Å². The van der Waals surface area contributed by atoms with Crippen LogP contribution >= 0.6 is 11.6 Å². The van der Waals surface area contributed by atoms with Gasteiger partial charge in [0.05, 0.1) is 17.7 Å². The molecule has 3 N–H and O–H groups in total. The van der Waals surface area contributed by atoms with Gasteiger partial charge in [-0.1, -0.05) is 11.6 Å². The summed E-state index contributed by atoms with van der Waals surface area (Å²) in [6, 6.07) is 9.21. The summed E-state index contributed by atoms with van der Waals surface area (Å²) in [5.74, 6) is -2.77. The van der Waals surface area contributed by atoms with Crippen molar-refractivity contribution in [2.45, 2.75) is 12.5 Å². The molecule has 186 valence electrons. The molecule has 0 bridgehead atoms. The van der Waals surface area contributed by atoms with Gasteiger partial charge in [-0.3, -0.25) is 14.4 Å². The standard InChI is InChI=1S/C23H22ClN7O5/c1-30(2)21(33)12-18(22(34)26-17-7-3-14(4-8-17)23(35)36)27-20(32)10-5-15-11-16(24)6-9-19(15)31-13-25-28-29-31/h3-11,13,18H,12H2,1-2H3,(H,26,34)(H,27,32)(H,35,36)/b10-5+/t18-/m0/s1. The van der Waals surface area contributed by atoms with Gasteiger partial charge in [0.15, 0.2) is 0 Å². The van der Waals surface area contributed by atoms with E-state index in [1.807, 2.05) is 0 Å². The second-order valence-electron chi connectivity index (χ2n) is 7.72. The van der Waals surface area contributed by atoms with E-state index in [1.54, 1.807) is 18.2 Å². The molecule has 0 aliphatic rings. The first-order valence-electron chi connectivity index (χ1n) is 10.5. The van der Waals surface area contributed by atoms with Crippen LogP contribution in [0, 0.1) is 0 Å². The van der Waals surface area contributed by atoms with Gasteiger partial charge in [-0.2, -0.15) is 4.68 Å². The van der Waals surface area contributed by atoms with Crippen LogP contribution in [-0.2, 0) is 14.4 Å². The Morgan fingerprint density at radius 1 is 1.14 bits per heavy atom. The van der Waals surface area contributed by atoms with E-state index in [4.69, 9.17) is 16.7 Å². The number of hydrogen-bond acceptors (Lipinski definition) is 7. The van der Waals surface area contributed by atoms with Gasteiger partial charge >= 0.3 is 5.97 Å². The number of carboxylic acids is 1. The lowest BCUT2D eigenvalue weighted by atomic mass is 10.1. The number of nitrogens with one attached hydrogen (secondary N) is 2. The van der Waals surface area contributed by atoms with Gasteiger partial charge in [0.25, 0.3) is 0 Å². The SMILES string of the molecule is CN(C)C(=O)C[C@H](NC(=O)/C=C/c1cc(Cl)ccc1-n1cnnn1)C(=O)Nc1ccc(C(=O)O)cc1. The van der Waals surface area contributed by atoms with Crippen molar-refractivity contribution in [1.29, 1.82) is 0 Å². The summed E-state index contributed by atoms with van der Waals surface area (Å²) in [7, 11) is 3.06. The molecule has 0 saturated heterocycles. The highest BCUT2D eigenvalue weighted by molar-refractivity contribution is 6.30. The van der Waals surface area contributed by atoms with E-state index in [0.717, 1.165) is 0 Å². The molecular formula is C23H22ClN7O5. The van der Waals surface area contributed by atoms with E-state index in [9.17, 15) is 19.2 Å². The van der Waals surface area contributed by atoms with Crippen molar-refractivity contribution in [3.63, 3.8) is 0 Å². The molecule has 0 saturated carbocycles. The quantitative estimate of drug-likeness (QED) is 0.365. The van der Waals surface area contributed by atoms with Gasteiger partial charge in [-0.15, -0.1) is 5.10 Å². The second-order valence-corrected chi connectivity index (χ2v) is 8.15. The fraction of sp³-hybridized carbons (Fsp3) is 0.174. The van der Waals surface area contributed by atoms with Gasteiger partial charge in [0, 0.05) is 36.4 Å². The van der Waals surface area contributed by atoms with Crippen LogP contribution < -0.4 is 10.6 Å². The van der Waals surface area contributed by atoms with E-state index < -0.39 is 23.8 Å². The number of tetrazole rings is 1. The number of anilines is 1. The molecule has 0 aliphatic carbocycles. The molecule has 0 aliphatic heterocycles. The molecule has 12 nitrogen and oxygen atoms in total. The number of benzene rings is 2. The number of carbonyl (C=O) groups excluding carboxylic acids is 3. The Balaban J connectivity index is 1.76. The van der Waals surface area contributed by atoms with E-state index in [-0.39, 0.29) is 17.9 Å². The highest BCUT2D eigenvalue weighted by Crippen LogP contribution is 2.20. The number of hydrogen-bond donors (Lipinski definition) is 3. The highest BCUT2D eigenvalue weighted by Gasteiger charge is 2.24. The van der Waals surface area contributed by atoms with Crippen molar-refractivity contribution in [2.24, 2.45) is 0 Å². The fourth-order valence-electron chi connectivity index (χ4n) is 3.02. The zero-order valence-electron chi connectivity index (χ0n) is 19.3. The number of carbonyl (C=O) groups is 4. The van der Waals surface area contributed by atoms with Crippen LogP contribution in [0.2, 0.25) is 5.02 Å². The summed E-state index contributed by atoms with van der Waals surface area (Å²) in [5.41, 5.74) is 1.46. The maximum atomic E-state index is 12.9. The maximum absolute atomic E-state index is 12.9. The Labute approximate surface area is 210 Å². The van der Waals surface area contributed by atoms with Gasteiger partial charge in [-0.25, -0.2) is 4.79 Å². The predicted octanol–water partition coefficient (Wildman–Crippen LogP) is 1.63. The molecular weight excluding hydrogens is 490 g/mol. The average Bonchev–Trinajstić information content (AvgIpc) is 3.37. The molecule has 0 spiro atoms. The molecule has 0 unspecified atom stereocenters. The Kier molecular flexibility index (Phi) is 8.47. The molecule has 1 aromatic heterocycles. The third kappa shape index (κ3) is 6.96. The normalized spacial score (nSPS) is 11.6. The lowest BCUT2D eigenvalue weighted by Gasteiger charge is -2.19. The lowest BCUT2D eigenvalue weighted by molar-refractivity contribution is -0.132. The van der Waals surface area contributed by atoms with Crippen molar-refractivity contribution in [3.8, 4) is 5.69 Å². The fourth-order valence-corrected chi connectivity index (χ4v) is 3.20. The first kappa shape index (κ1) is 26.0. The zero-order valence-corrected chi connectivity index (χ0v) is 20.0. The summed E-state index contributed by atoms with van der Waals surface area (Å²) in [5, 5.41) is 25.6. The van der Waals surface area contributed by atoms with Crippen molar-refractivity contribution < 1.29 is 24.3 Å². The number of rotatable bonds is 9. The summed E-state index contributed by atoms with van der Waals surface area (Å²) >= 11 is 6.09. The minimum atomic E-state index is -1.20. The zero-order chi connectivity index (χ0) is 26.2. The van der Waals surface area contributed by atoms with Gasteiger partial charge < -0.3 is 20.6 Å². The van der Waals surface area contributed by atoms with Crippen LogP contribution in [0.5, 0.6) is 0 Å². The molecule has 3 aromatic rings. The second kappa shape index (κ2) is 11.7. The Morgan fingerprint density at radius 3 is 2.47 bits per heavy atom. The average molecular weight is 512 g/mol. The molecule has 2 aromatic carbocycles. The minimum absolute atomic E-state index is 0.0489. The molecule has 1 atom stereocenters. The first-order chi connectivity index (χ1) is 17.1. The third-order valence-corrected chi connectivity index (χ3v) is 5.14. The monoisotopic (exact) mass is 511 g/mol. The van der Waals surface area contributed by atoms with Crippen LogP contribution in [0.3, 0.4) is 0 Å². The largest absolute Gasteiger partial charge is 0.478 e. The lowest BCUT2D eigenvalue weighted by Crippen LogP contribution is -2.46. The van der Waals surface area contributed by atoms with Crippen LogP contribution in [0.15, 0.2) is 54.9 Å². The van der Waals surface area contributed by atoms with Crippen LogP contribution in [0.25, 0.3) is 11.8 Å². The number of aromatic carboxylic acids is 1. The van der Waals surface area contributed by atoms with Gasteiger partial charge in [0.2, 0.25) is 17.7 Å². The van der Waals surface area contributed by atoms with Gasteiger partial charge in [-0.05, 0) is 59.0 Å². The summed E-state index contributed by atoms with van der Waals surface area (Å²) in [4.78, 5) is 50.2. The Morgan fingerprint density at radius 2 is 1.86 bits per heavy atom. The molecule has 0 fully saturated rings. The van der Waals surface area contributed by atoms with E-state index in [2.05, 4.69) is 26.2 Å².